The van der Waals surface area contributed by atoms with E-state index in [1.165, 1.54) is 5.57 Å². The molecule has 1 aliphatic rings. The summed E-state index contributed by atoms with van der Waals surface area (Å²) < 4.78 is 5.87. The highest BCUT2D eigenvalue weighted by Crippen LogP contribution is 2.34. The van der Waals surface area contributed by atoms with E-state index in [0.29, 0.717) is 6.42 Å². The minimum absolute atomic E-state index is 0.0838. The van der Waals surface area contributed by atoms with Crippen molar-refractivity contribution in [1.82, 2.24) is 4.98 Å². The maximum Gasteiger partial charge on any atom is 0.309 e. The molecule has 202 valence electrons. The lowest BCUT2D eigenvalue weighted by atomic mass is 9.72. The smallest absolute Gasteiger partial charge is 0.309 e. The fourth-order valence-electron chi connectivity index (χ4n) is 4.98. The molecule has 0 aliphatic carbocycles. The number of carbonyl (C=O) groups is 2. The lowest BCUT2D eigenvalue weighted by Gasteiger charge is -2.35. The summed E-state index contributed by atoms with van der Waals surface area (Å²) in [5, 5.41) is 24.8. The Balaban J connectivity index is 2.43. The van der Waals surface area contributed by atoms with Crippen molar-refractivity contribution in [2.24, 2.45) is 29.1 Å². The molecule has 36 heavy (non-hydrogen) atoms. The van der Waals surface area contributed by atoms with Gasteiger partial charge in [0.25, 0.3) is 0 Å². The highest BCUT2D eigenvalue weighted by atomic mass is 32.1. The number of allylic oxidation sites excluding steroid dienone is 1. The average molecular weight is 520 g/mol. The van der Waals surface area contributed by atoms with Gasteiger partial charge in [0.1, 0.15) is 11.9 Å². The minimum Gasteiger partial charge on any atom is -0.457 e. The Hall–Kier alpha value is -1.83. The van der Waals surface area contributed by atoms with Gasteiger partial charge in [0.2, 0.25) is 0 Å². The number of aromatic nitrogens is 1. The lowest BCUT2D eigenvalue weighted by Crippen LogP contribution is -2.46. The Morgan fingerprint density at radius 1 is 1.11 bits per heavy atom. The van der Waals surface area contributed by atoms with Crippen LogP contribution in [0.25, 0.3) is 6.08 Å². The lowest BCUT2D eigenvalue weighted by molar-refractivity contribution is -0.154. The van der Waals surface area contributed by atoms with Gasteiger partial charge in [0, 0.05) is 17.7 Å². The fraction of sp³-hybridized carbons (Fsp3) is 0.690. The molecule has 0 spiro atoms. The maximum atomic E-state index is 13.3. The summed E-state index contributed by atoms with van der Waals surface area (Å²) in [6.07, 6.45) is 2.49. The van der Waals surface area contributed by atoms with Crippen LogP contribution in [0.2, 0.25) is 0 Å². The average Bonchev–Trinajstić information content (AvgIpc) is 3.22. The zero-order chi connectivity index (χ0) is 27.4. The molecule has 7 atom stereocenters. The predicted octanol–water partition coefficient (Wildman–Crippen LogP) is 5.76. The Kier molecular flexibility index (Phi) is 10.6. The standard InChI is InChI=1S/C29H45NO5S/c1-16-10-11-24(18(3)13-23-15-36-22(7)30-23)35-26(32)14-25(31)29(8,9)28(34)21(6)27(33)19(4)12-17(2)20(16)5/h10,13,15,17,19-21,24-25,27,31,33H,11-12,14H2,1-9H3/b16-10-,18-13+/t17?,19-,20?,21+,24-,25-,27-/m0/s1. The molecule has 2 N–H and O–H groups in total. The molecular formula is C29H45NO5S. The number of thiazole rings is 1. The van der Waals surface area contributed by atoms with Crippen LogP contribution in [0.5, 0.6) is 0 Å². The normalized spacial score (nSPS) is 35.1. The van der Waals surface area contributed by atoms with Gasteiger partial charge in [-0.15, -0.1) is 11.3 Å². The maximum absolute atomic E-state index is 13.3. The monoisotopic (exact) mass is 519 g/mol. The van der Waals surface area contributed by atoms with Gasteiger partial charge < -0.3 is 14.9 Å². The minimum atomic E-state index is -1.22. The molecular weight excluding hydrogens is 474 g/mol. The Bertz CT molecular complexity index is 978. The van der Waals surface area contributed by atoms with E-state index in [4.69, 9.17) is 4.74 Å². The number of ether oxygens (including phenoxy) is 1. The van der Waals surface area contributed by atoms with Gasteiger partial charge in [0.05, 0.1) is 34.7 Å². The molecule has 1 aliphatic heterocycles. The molecule has 0 bridgehead atoms. The molecule has 0 aromatic carbocycles. The van der Waals surface area contributed by atoms with E-state index in [-0.39, 0.29) is 30.0 Å². The molecule has 0 radical (unpaired) electrons. The number of hydrogen-bond donors (Lipinski definition) is 2. The molecule has 1 aromatic heterocycles. The number of Topliss-reactive ketones (excluding diaryl/α,β-unsaturated/α-hetero) is 1. The number of aryl methyl sites for hydroxylation is 1. The molecule has 2 heterocycles. The number of aliphatic hydroxyl groups excluding tert-OH is 2. The summed E-state index contributed by atoms with van der Waals surface area (Å²) in [5.74, 6) is -1.00. The van der Waals surface area contributed by atoms with Gasteiger partial charge in [-0.3, -0.25) is 9.59 Å². The van der Waals surface area contributed by atoms with Crippen molar-refractivity contribution in [1.29, 1.82) is 0 Å². The molecule has 7 heteroatoms. The number of rotatable bonds is 2. The summed E-state index contributed by atoms with van der Waals surface area (Å²) >= 11 is 1.56. The van der Waals surface area contributed by atoms with Gasteiger partial charge in [-0.05, 0) is 56.6 Å². The number of cyclic esters (lactones) is 1. The second-order valence-electron chi connectivity index (χ2n) is 11.4. The van der Waals surface area contributed by atoms with Crippen molar-refractivity contribution in [2.45, 2.75) is 99.9 Å². The molecule has 0 saturated carbocycles. The van der Waals surface area contributed by atoms with Crippen molar-refractivity contribution in [3.63, 3.8) is 0 Å². The number of carbonyl (C=O) groups excluding carboxylic acids is 2. The van der Waals surface area contributed by atoms with E-state index >= 15 is 0 Å². The van der Waals surface area contributed by atoms with Crippen LogP contribution < -0.4 is 0 Å². The van der Waals surface area contributed by atoms with E-state index in [1.54, 1.807) is 32.1 Å². The summed E-state index contributed by atoms with van der Waals surface area (Å²) in [7, 11) is 0. The number of ketones is 1. The second-order valence-corrected chi connectivity index (χ2v) is 12.5. The summed E-state index contributed by atoms with van der Waals surface area (Å²) in [6.45, 7) is 17.3. The van der Waals surface area contributed by atoms with Gasteiger partial charge in [-0.1, -0.05) is 53.2 Å². The number of aliphatic hydroxyl groups is 2. The van der Waals surface area contributed by atoms with Crippen LogP contribution in [-0.2, 0) is 14.3 Å². The predicted molar refractivity (Wildman–Crippen MR) is 145 cm³/mol. The van der Waals surface area contributed by atoms with Crippen LogP contribution in [0.4, 0.5) is 0 Å². The quantitative estimate of drug-likeness (QED) is 0.381. The highest BCUT2D eigenvalue weighted by molar-refractivity contribution is 7.09. The highest BCUT2D eigenvalue weighted by Gasteiger charge is 2.42. The molecule has 0 amide bonds. The zero-order valence-corrected chi connectivity index (χ0v) is 24.2. The van der Waals surface area contributed by atoms with Crippen LogP contribution in [-0.4, -0.2) is 45.3 Å². The number of hydrogen-bond acceptors (Lipinski definition) is 7. The first-order chi connectivity index (χ1) is 16.6. The third kappa shape index (κ3) is 7.59. The van der Waals surface area contributed by atoms with Crippen molar-refractivity contribution >= 4 is 29.2 Å². The van der Waals surface area contributed by atoms with Gasteiger partial charge in [0.15, 0.2) is 0 Å². The van der Waals surface area contributed by atoms with E-state index in [1.807, 2.05) is 32.2 Å². The summed E-state index contributed by atoms with van der Waals surface area (Å²) in [6, 6.07) is 0. The molecule has 0 fully saturated rings. The van der Waals surface area contributed by atoms with Crippen LogP contribution >= 0.6 is 11.3 Å². The topological polar surface area (TPSA) is 96.7 Å². The van der Waals surface area contributed by atoms with E-state index in [2.05, 4.69) is 31.8 Å². The van der Waals surface area contributed by atoms with Crippen LogP contribution in [0.1, 0.15) is 85.4 Å². The Morgan fingerprint density at radius 3 is 2.33 bits per heavy atom. The van der Waals surface area contributed by atoms with E-state index < -0.39 is 35.6 Å². The SMILES string of the molecule is C/C1=C/C[C@@H](/C(C)=C/c2csc(C)n2)OC(=O)C[C@H](O)C(C)(C)C(=O)[C@H](C)[C@@H](O)[C@@H](C)CC(C)C1C. The first-order valence-corrected chi connectivity index (χ1v) is 13.9. The van der Waals surface area contributed by atoms with Crippen molar-refractivity contribution in [2.75, 3.05) is 0 Å². The number of nitrogens with zero attached hydrogens (tertiary/aromatic N) is 1. The van der Waals surface area contributed by atoms with Gasteiger partial charge in [-0.2, -0.15) is 0 Å². The molecule has 6 nitrogen and oxygen atoms in total. The zero-order valence-electron chi connectivity index (χ0n) is 23.4. The third-order valence-electron chi connectivity index (χ3n) is 8.10. The third-order valence-corrected chi connectivity index (χ3v) is 8.89. The van der Waals surface area contributed by atoms with E-state index in [0.717, 1.165) is 22.7 Å². The molecule has 2 unspecified atom stereocenters. The van der Waals surface area contributed by atoms with E-state index in [9.17, 15) is 19.8 Å². The Labute approximate surface area is 220 Å². The van der Waals surface area contributed by atoms with Gasteiger partial charge in [-0.25, -0.2) is 4.98 Å². The van der Waals surface area contributed by atoms with Crippen LogP contribution in [0, 0.1) is 36.0 Å². The van der Waals surface area contributed by atoms with Crippen molar-refractivity contribution in [3.05, 3.63) is 33.3 Å². The van der Waals surface area contributed by atoms with Crippen molar-refractivity contribution in [3.8, 4) is 0 Å². The van der Waals surface area contributed by atoms with Crippen molar-refractivity contribution < 1.29 is 24.5 Å². The first-order valence-electron chi connectivity index (χ1n) is 13.0. The van der Waals surface area contributed by atoms with Crippen LogP contribution in [0.3, 0.4) is 0 Å². The van der Waals surface area contributed by atoms with Gasteiger partial charge >= 0.3 is 5.97 Å². The molecule has 1 aromatic rings. The molecule has 0 saturated heterocycles. The molecule has 2 rings (SSSR count). The summed E-state index contributed by atoms with van der Waals surface area (Å²) in [4.78, 5) is 30.7. The number of esters is 1. The largest absolute Gasteiger partial charge is 0.457 e. The summed E-state index contributed by atoms with van der Waals surface area (Å²) in [5.41, 5.74) is 1.69. The first kappa shape index (κ1) is 30.4. The second kappa shape index (κ2) is 12.6. The Morgan fingerprint density at radius 2 is 1.75 bits per heavy atom. The van der Waals surface area contributed by atoms with Crippen LogP contribution in [0.15, 0.2) is 22.6 Å². The fourth-order valence-corrected chi connectivity index (χ4v) is 5.55.